The fraction of sp³-hybridized carbons (Fsp3) is 0.909. The lowest BCUT2D eigenvalue weighted by Crippen LogP contribution is -2.41. The molecule has 0 aromatic heterocycles. The van der Waals surface area contributed by atoms with Crippen LogP contribution in [0.15, 0.2) is 0 Å². The highest BCUT2D eigenvalue weighted by molar-refractivity contribution is 5.95. The van der Waals surface area contributed by atoms with E-state index in [0.29, 0.717) is 11.3 Å². The molecule has 0 amide bonds. The zero-order valence-corrected chi connectivity index (χ0v) is 8.41. The molecule has 1 N–H and O–H groups in total. The summed E-state index contributed by atoms with van der Waals surface area (Å²) in [5.74, 6) is 0.705. The smallest absolute Gasteiger partial charge is 0.0210 e. The molecule has 0 bridgehead atoms. The highest BCUT2D eigenvalue weighted by Gasteiger charge is 2.55. The molecule has 0 aromatic carbocycles. The Balaban J connectivity index is 2.27. The summed E-state index contributed by atoms with van der Waals surface area (Å²) in [6, 6.07) is 0. The van der Waals surface area contributed by atoms with Crippen molar-refractivity contribution < 1.29 is 0 Å². The Bertz CT molecular complexity index is 223. The zero-order chi connectivity index (χ0) is 8.98. The molecule has 1 spiro atoms. The SMILES string of the molecule is CC1CCC2(CC2)C(=N)C1(C)C. The van der Waals surface area contributed by atoms with E-state index in [1.165, 1.54) is 25.7 Å². The molecule has 68 valence electrons. The van der Waals surface area contributed by atoms with Gasteiger partial charge in [-0.3, -0.25) is 0 Å². The van der Waals surface area contributed by atoms with Crippen LogP contribution in [-0.2, 0) is 0 Å². The van der Waals surface area contributed by atoms with Crippen molar-refractivity contribution in [1.29, 1.82) is 5.41 Å². The van der Waals surface area contributed by atoms with E-state index in [9.17, 15) is 0 Å². The van der Waals surface area contributed by atoms with E-state index >= 15 is 0 Å². The number of nitrogens with one attached hydrogen (secondary N) is 1. The van der Waals surface area contributed by atoms with Gasteiger partial charge in [0.15, 0.2) is 0 Å². The van der Waals surface area contributed by atoms with Crippen LogP contribution in [0.3, 0.4) is 0 Å². The molecule has 2 aliphatic carbocycles. The molecule has 0 radical (unpaired) electrons. The lowest BCUT2D eigenvalue weighted by Gasteiger charge is -2.42. The van der Waals surface area contributed by atoms with Gasteiger partial charge in [-0.15, -0.1) is 0 Å². The van der Waals surface area contributed by atoms with E-state index in [-0.39, 0.29) is 5.41 Å². The normalized spacial score (nSPS) is 36.9. The highest BCUT2D eigenvalue weighted by atomic mass is 14.7. The van der Waals surface area contributed by atoms with Crippen molar-refractivity contribution in [2.45, 2.75) is 46.5 Å². The van der Waals surface area contributed by atoms with Crippen LogP contribution in [0.1, 0.15) is 46.5 Å². The van der Waals surface area contributed by atoms with Crippen molar-refractivity contribution in [3.8, 4) is 0 Å². The van der Waals surface area contributed by atoms with Gasteiger partial charge < -0.3 is 5.41 Å². The van der Waals surface area contributed by atoms with E-state index in [4.69, 9.17) is 5.41 Å². The molecule has 2 fully saturated rings. The monoisotopic (exact) mass is 165 g/mol. The third-order valence-corrected chi connectivity index (χ3v) is 4.32. The summed E-state index contributed by atoms with van der Waals surface area (Å²) in [4.78, 5) is 0. The fourth-order valence-electron chi connectivity index (χ4n) is 2.56. The van der Waals surface area contributed by atoms with E-state index in [2.05, 4.69) is 20.8 Å². The average Bonchev–Trinajstić information content (AvgIpc) is 2.77. The van der Waals surface area contributed by atoms with Crippen LogP contribution in [0.4, 0.5) is 0 Å². The molecule has 2 saturated carbocycles. The first-order chi connectivity index (χ1) is 5.49. The van der Waals surface area contributed by atoms with Crippen LogP contribution in [0.5, 0.6) is 0 Å². The van der Waals surface area contributed by atoms with Gasteiger partial charge in [0.2, 0.25) is 0 Å². The Kier molecular flexibility index (Phi) is 1.47. The van der Waals surface area contributed by atoms with Crippen LogP contribution in [0.2, 0.25) is 0 Å². The van der Waals surface area contributed by atoms with Gasteiger partial charge in [0.1, 0.15) is 0 Å². The third kappa shape index (κ3) is 0.884. The van der Waals surface area contributed by atoms with E-state index in [1.807, 2.05) is 0 Å². The van der Waals surface area contributed by atoms with Crippen molar-refractivity contribution >= 4 is 5.71 Å². The first kappa shape index (κ1) is 8.28. The summed E-state index contributed by atoms with van der Waals surface area (Å²) in [5.41, 5.74) is 1.61. The molecular weight excluding hydrogens is 146 g/mol. The minimum Gasteiger partial charge on any atom is -0.309 e. The van der Waals surface area contributed by atoms with Crippen molar-refractivity contribution in [3.63, 3.8) is 0 Å². The van der Waals surface area contributed by atoms with Crippen LogP contribution >= 0.6 is 0 Å². The van der Waals surface area contributed by atoms with Gasteiger partial charge in [0.05, 0.1) is 0 Å². The first-order valence-electron chi connectivity index (χ1n) is 5.08. The molecule has 0 aromatic rings. The van der Waals surface area contributed by atoms with Gasteiger partial charge in [-0.05, 0) is 31.6 Å². The van der Waals surface area contributed by atoms with Crippen molar-refractivity contribution in [3.05, 3.63) is 0 Å². The molecular formula is C11H19N. The Morgan fingerprint density at radius 3 is 2.33 bits per heavy atom. The molecule has 0 saturated heterocycles. The Morgan fingerprint density at radius 1 is 1.25 bits per heavy atom. The molecule has 0 heterocycles. The van der Waals surface area contributed by atoms with E-state index in [0.717, 1.165) is 5.71 Å². The first-order valence-corrected chi connectivity index (χ1v) is 5.08. The van der Waals surface area contributed by atoms with Gasteiger partial charge >= 0.3 is 0 Å². The largest absolute Gasteiger partial charge is 0.309 e. The van der Waals surface area contributed by atoms with Gasteiger partial charge in [0.25, 0.3) is 0 Å². The molecule has 1 heteroatoms. The lowest BCUT2D eigenvalue weighted by molar-refractivity contribution is 0.244. The summed E-state index contributed by atoms with van der Waals surface area (Å²) in [7, 11) is 0. The zero-order valence-electron chi connectivity index (χ0n) is 8.41. The molecule has 2 aliphatic rings. The summed E-state index contributed by atoms with van der Waals surface area (Å²) >= 11 is 0. The molecule has 1 nitrogen and oxygen atoms in total. The fourth-order valence-corrected chi connectivity index (χ4v) is 2.56. The molecule has 2 rings (SSSR count). The van der Waals surface area contributed by atoms with Gasteiger partial charge in [0, 0.05) is 16.5 Å². The van der Waals surface area contributed by atoms with Gasteiger partial charge in [-0.1, -0.05) is 20.8 Å². The maximum Gasteiger partial charge on any atom is 0.0210 e. The topological polar surface area (TPSA) is 23.9 Å². The van der Waals surface area contributed by atoms with Crippen molar-refractivity contribution in [2.75, 3.05) is 0 Å². The number of hydrogen-bond donors (Lipinski definition) is 1. The maximum absolute atomic E-state index is 8.19. The second kappa shape index (κ2) is 2.12. The predicted octanol–water partition coefficient (Wildman–Crippen LogP) is 3.24. The Labute approximate surface area is 75.1 Å². The standard InChI is InChI=1S/C11H19N/c1-8-4-5-11(6-7-11)9(12)10(8,2)3/h8,12H,4-7H2,1-3H3. The average molecular weight is 165 g/mol. The highest BCUT2D eigenvalue weighted by Crippen LogP contribution is 2.59. The Morgan fingerprint density at radius 2 is 1.83 bits per heavy atom. The summed E-state index contributed by atoms with van der Waals surface area (Å²) in [5, 5.41) is 8.19. The predicted molar refractivity (Wildman–Crippen MR) is 51.6 cm³/mol. The van der Waals surface area contributed by atoms with Crippen LogP contribution in [-0.4, -0.2) is 5.71 Å². The second-order valence-corrected chi connectivity index (χ2v) is 5.32. The summed E-state index contributed by atoms with van der Waals surface area (Å²) < 4.78 is 0. The molecule has 0 aliphatic heterocycles. The number of rotatable bonds is 0. The lowest BCUT2D eigenvalue weighted by atomic mass is 9.63. The molecule has 1 atom stereocenters. The van der Waals surface area contributed by atoms with E-state index < -0.39 is 0 Å². The van der Waals surface area contributed by atoms with Gasteiger partial charge in [-0.2, -0.15) is 0 Å². The molecule has 12 heavy (non-hydrogen) atoms. The minimum absolute atomic E-state index is 0.175. The third-order valence-electron chi connectivity index (χ3n) is 4.32. The van der Waals surface area contributed by atoms with E-state index in [1.54, 1.807) is 0 Å². The minimum atomic E-state index is 0.175. The maximum atomic E-state index is 8.19. The number of hydrogen-bond acceptors (Lipinski definition) is 1. The summed E-state index contributed by atoms with van der Waals surface area (Å²) in [6.07, 6.45) is 5.20. The second-order valence-electron chi connectivity index (χ2n) is 5.32. The summed E-state index contributed by atoms with van der Waals surface area (Å²) in [6.45, 7) is 6.79. The quantitative estimate of drug-likeness (QED) is 0.570. The van der Waals surface area contributed by atoms with Crippen LogP contribution < -0.4 is 0 Å². The van der Waals surface area contributed by atoms with Crippen molar-refractivity contribution in [1.82, 2.24) is 0 Å². The van der Waals surface area contributed by atoms with Gasteiger partial charge in [-0.25, -0.2) is 0 Å². The Hall–Kier alpha value is -0.330. The van der Waals surface area contributed by atoms with Crippen LogP contribution in [0, 0.1) is 22.2 Å². The van der Waals surface area contributed by atoms with Crippen molar-refractivity contribution in [2.24, 2.45) is 16.7 Å². The molecule has 1 unspecified atom stereocenters. The van der Waals surface area contributed by atoms with Crippen LogP contribution in [0.25, 0.3) is 0 Å².